The third-order valence-corrected chi connectivity index (χ3v) is 7.36. The molecule has 162 valence electrons. The van der Waals surface area contributed by atoms with Crippen LogP contribution in [0.15, 0.2) is 41.3 Å². The van der Waals surface area contributed by atoms with E-state index in [1.807, 2.05) is 13.8 Å². The molecule has 2 rings (SSSR count). The predicted octanol–water partition coefficient (Wildman–Crippen LogP) is 4.85. The van der Waals surface area contributed by atoms with Crippen LogP contribution in [0.1, 0.15) is 64.9 Å². The first kappa shape index (κ1) is 23.8. The minimum absolute atomic E-state index is 0.0144. The maximum atomic E-state index is 13.4. The van der Waals surface area contributed by atoms with Gasteiger partial charge in [0.25, 0.3) is 0 Å². The van der Waals surface area contributed by atoms with Crippen LogP contribution in [0.5, 0.6) is 0 Å². The summed E-state index contributed by atoms with van der Waals surface area (Å²) in [5.41, 5.74) is 0.991. The van der Waals surface area contributed by atoms with Gasteiger partial charge >= 0.3 is 0 Å². The molecule has 0 spiro atoms. The van der Waals surface area contributed by atoms with Crippen molar-refractivity contribution in [2.75, 3.05) is 6.61 Å². The number of benzene rings is 1. The molecule has 1 fully saturated rings. The Balaban J connectivity index is 2.24. The number of rotatable bonds is 11. The topological polar surface area (TPSA) is 63.7 Å². The van der Waals surface area contributed by atoms with E-state index in [1.165, 1.54) is 11.2 Å². The summed E-state index contributed by atoms with van der Waals surface area (Å²) in [5, 5.41) is 0. The molecule has 0 aliphatic carbocycles. The Morgan fingerprint density at radius 2 is 1.86 bits per heavy atom. The molecular weight excluding hydrogens is 386 g/mol. The number of hydrogen-bond acceptors (Lipinski definition) is 4. The van der Waals surface area contributed by atoms with Crippen molar-refractivity contribution >= 4 is 15.8 Å². The Labute approximate surface area is 176 Å². The molecule has 1 aliphatic rings. The summed E-state index contributed by atoms with van der Waals surface area (Å²) in [6.45, 7) is 7.78. The highest BCUT2D eigenvalue weighted by atomic mass is 32.2. The lowest BCUT2D eigenvalue weighted by molar-refractivity contribution is -0.122. The molecule has 3 unspecified atom stereocenters. The third kappa shape index (κ3) is 6.00. The van der Waals surface area contributed by atoms with Gasteiger partial charge in [-0.15, -0.1) is 0 Å². The zero-order valence-electron chi connectivity index (χ0n) is 18.1. The van der Waals surface area contributed by atoms with E-state index < -0.39 is 22.3 Å². The van der Waals surface area contributed by atoms with Crippen LogP contribution in [0.25, 0.3) is 0 Å². The van der Waals surface area contributed by atoms with Gasteiger partial charge in [0.15, 0.2) is 0 Å². The second kappa shape index (κ2) is 11.0. The Morgan fingerprint density at radius 1 is 1.17 bits per heavy atom. The summed E-state index contributed by atoms with van der Waals surface area (Å²) in [6.07, 6.45) is 9.22. The maximum absolute atomic E-state index is 13.4. The quantitative estimate of drug-likeness (QED) is 0.378. The summed E-state index contributed by atoms with van der Waals surface area (Å²) in [4.78, 5) is 12.8. The van der Waals surface area contributed by atoms with E-state index in [4.69, 9.17) is 4.74 Å². The molecule has 5 nitrogen and oxygen atoms in total. The first-order valence-corrected chi connectivity index (χ1v) is 12.1. The molecule has 1 aromatic rings. The van der Waals surface area contributed by atoms with E-state index in [-0.39, 0.29) is 16.6 Å². The highest BCUT2D eigenvalue weighted by Crippen LogP contribution is 2.38. The average molecular weight is 422 g/mol. The van der Waals surface area contributed by atoms with Crippen molar-refractivity contribution in [3.8, 4) is 0 Å². The normalized spacial score (nSPS) is 23.1. The van der Waals surface area contributed by atoms with Crippen LogP contribution < -0.4 is 0 Å². The fourth-order valence-corrected chi connectivity index (χ4v) is 5.89. The molecule has 0 amide bonds. The van der Waals surface area contributed by atoms with Crippen LogP contribution in [-0.2, 0) is 19.6 Å². The third-order valence-electron chi connectivity index (χ3n) is 5.48. The fraction of sp³-hybridized carbons (Fsp3) is 0.609. The van der Waals surface area contributed by atoms with Gasteiger partial charge in [-0.3, -0.25) is 4.79 Å². The molecule has 29 heavy (non-hydrogen) atoms. The van der Waals surface area contributed by atoms with Crippen LogP contribution in [0.4, 0.5) is 0 Å². The Kier molecular flexibility index (Phi) is 9.05. The Hall–Kier alpha value is -1.50. The van der Waals surface area contributed by atoms with Gasteiger partial charge in [-0.25, -0.2) is 8.42 Å². The number of nitrogens with zero attached hydrogens (tertiary/aromatic N) is 1. The summed E-state index contributed by atoms with van der Waals surface area (Å²) < 4.78 is 34.0. The van der Waals surface area contributed by atoms with Crippen molar-refractivity contribution in [2.24, 2.45) is 5.92 Å². The number of allylic oxidation sites excluding steroid dienone is 2. The highest BCUT2D eigenvalue weighted by molar-refractivity contribution is 7.89. The number of sulfonamides is 1. The van der Waals surface area contributed by atoms with E-state index in [9.17, 15) is 13.2 Å². The van der Waals surface area contributed by atoms with Crippen LogP contribution in [0.2, 0.25) is 0 Å². The highest BCUT2D eigenvalue weighted by Gasteiger charge is 2.50. The first-order chi connectivity index (χ1) is 13.8. The second-order valence-corrected chi connectivity index (χ2v) is 9.62. The van der Waals surface area contributed by atoms with Gasteiger partial charge in [0.05, 0.1) is 10.9 Å². The number of ether oxygens (including phenoxy) is 1. The van der Waals surface area contributed by atoms with Gasteiger partial charge in [0.2, 0.25) is 10.0 Å². The largest absolute Gasteiger partial charge is 0.362 e. The predicted molar refractivity (Wildman–Crippen MR) is 116 cm³/mol. The van der Waals surface area contributed by atoms with E-state index in [1.54, 1.807) is 24.3 Å². The number of carbonyl (C=O) groups excluding carboxylic acids is 1. The van der Waals surface area contributed by atoms with Gasteiger partial charge in [-0.05, 0) is 70.9 Å². The SMILES string of the molecule is CC/C=C\CCCCC1CC(OCC)N(S(=O)(=O)c2ccc(C)cc2)C1C(C)=O. The minimum Gasteiger partial charge on any atom is -0.362 e. The van der Waals surface area contributed by atoms with Crippen LogP contribution in [0, 0.1) is 12.8 Å². The molecule has 1 saturated heterocycles. The van der Waals surface area contributed by atoms with E-state index in [0.29, 0.717) is 13.0 Å². The molecule has 3 atom stereocenters. The van der Waals surface area contributed by atoms with Gasteiger partial charge in [-0.2, -0.15) is 4.31 Å². The van der Waals surface area contributed by atoms with E-state index in [0.717, 1.165) is 37.7 Å². The van der Waals surface area contributed by atoms with Crippen molar-refractivity contribution in [1.29, 1.82) is 0 Å². The molecule has 6 heteroatoms. The van der Waals surface area contributed by atoms with Gasteiger partial charge < -0.3 is 4.74 Å². The standard InChI is InChI=1S/C23H35NO4S/c1-5-7-8-9-10-11-12-20-17-22(28-6-2)24(23(20)19(4)25)29(26,27)21-15-13-18(3)14-16-21/h7-8,13-16,20,22-23H,5-6,9-12,17H2,1-4H3/b8-7-. The van der Waals surface area contributed by atoms with Crippen molar-refractivity contribution in [3.63, 3.8) is 0 Å². The van der Waals surface area contributed by atoms with Gasteiger partial charge in [0.1, 0.15) is 12.0 Å². The number of hydrogen-bond donors (Lipinski definition) is 0. The minimum atomic E-state index is -3.82. The molecule has 1 aromatic carbocycles. The van der Waals surface area contributed by atoms with Crippen molar-refractivity contribution in [2.45, 2.75) is 83.4 Å². The molecular formula is C23H35NO4S. The van der Waals surface area contributed by atoms with E-state index in [2.05, 4.69) is 19.1 Å². The Morgan fingerprint density at radius 3 is 2.45 bits per heavy atom. The van der Waals surface area contributed by atoms with Crippen LogP contribution in [0.3, 0.4) is 0 Å². The van der Waals surface area contributed by atoms with Gasteiger partial charge in [0, 0.05) is 6.61 Å². The van der Waals surface area contributed by atoms with Crippen molar-refractivity contribution in [3.05, 3.63) is 42.0 Å². The molecule has 1 heterocycles. The molecule has 0 aromatic heterocycles. The smallest absolute Gasteiger partial charge is 0.245 e. The number of unbranched alkanes of at least 4 members (excludes halogenated alkanes) is 2. The lowest BCUT2D eigenvalue weighted by Gasteiger charge is -2.29. The molecule has 0 radical (unpaired) electrons. The zero-order chi connectivity index (χ0) is 21.4. The van der Waals surface area contributed by atoms with Crippen molar-refractivity contribution < 1.29 is 17.9 Å². The monoisotopic (exact) mass is 421 g/mol. The lowest BCUT2D eigenvalue weighted by Crippen LogP contribution is -2.46. The van der Waals surface area contributed by atoms with Gasteiger partial charge in [-0.1, -0.05) is 43.2 Å². The second-order valence-electron chi connectivity index (χ2n) is 7.77. The van der Waals surface area contributed by atoms with Crippen LogP contribution in [-0.4, -0.2) is 37.4 Å². The molecule has 1 aliphatic heterocycles. The van der Waals surface area contributed by atoms with Crippen LogP contribution >= 0.6 is 0 Å². The molecule has 0 N–H and O–H groups in total. The number of ketones is 1. The number of Topliss-reactive ketones (excluding diaryl/α,β-unsaturated/α-hetero) is 1. The van der Waals surface area contributed by atoms with Crippen molar-refractivity contribution in [1.82, 2.24) is 4.31 Å². The summed E-state index contributed by atoms with van der Waals surface area (Å²) in [7, 11) is -3.82. The van der Waals surface area contributed by atoms with E-state index >= 15 is 0 Å². The fourth-order valence-electron chi connectivity index (χ4n) is 4.09. The maximum Gasteiger partial charge on any atom is 0.245 e. The number of aryl methyl sites for hydroxylation is 1. The Bertz CT molecular complexity index is 786. The molecule has 0 bridgehead atoms. The number of carbonyl (C=O) groups is 1. The summed E-state index contributed by atoms with van der Waals surface area (Å²) >= 11 is 0. The lowest BCUT2D eigenvalue weighted by atomic mass is 9.92. The molecule has 0 saturated carbocycles. The average Bonchev–Trinajstić information content (AvgIpc) is 3.04. The first-order valence-electron chi connectivity index (χ1n) is 10.7. The zero-order valence-corrected chi connectivity index (χ0v) is 19.0. The summed E-state index contributed by atoms with van der Waals surface area (Å²) in [5.74, 6) is -0.127. The summed E-state index contributed by atoms with van der Waals surface area (Å²) in [6, 6.07) is 6.12.